The summed E-state index contributed by atoms with van der Waals surface area (Å²) in [5.74, 6) is 0.571. The van der Waals surface area contributed by atoms with E-state index >= 15 is 0 Å². The number of nitrogens with two attached hydrogens (primary N) is 1. The molecule has 1 atom stereocenters. The van der Waals surface area contributed by atoms with Crippen LogP contribution in [0.2, 0.25) is 0 Å². The normalized spacial score (nSPS) is 18.1. The van der Waals surface area contributed by atoms with E-state index in [9.17, 15) is 0 Å². The Labute approximate surface area is 110 Å². The lowest BCUT2D eigenvalue weighted by molar-refractivity contribution is 0.348. The molecule has 0 fully saturated rings. The van der Waals surface area contributed by atoms with Crippen LogP contribution in [-0.2, 0) is 12.8 Å². The van der Waals surface area contributed by atoms with Gasteiger partial charge in [-0.2, -0.15) is 0 Å². The largest absolute Gasteiger partial charge is 0.329 e. The second-order valence-corrected chi connectivity index (χ2v) is 5.26. The fraction of sp³-hybridized carbons (Fsp3) is 0.500. The van der Waals surface area contributed by atoms with Crippen LogP contribution < -0.4 is 5.73 Å². The van der Waals surface area contributed by atoms with Gasteiger partial charge in [-0.05, 0) is 43.0 Å². The molecule has 2 heteroatoms. The molecule has 2 nitrogen and oxygen atoms in total. The van der Waals surface area contributed by atoms with E-state index in [4.69, 9.17) is 5.73 Å². The highest BCUT2D eigenvalue weighted by Gasteiger charge is 2.19. The highest BCUT2D eigenvalue weighted by Crippen LogP contribution is 2.34. The second kappa shape index (κ2) is 6.17. The lowest BCUT2D eigenvalue weighted by Crippen LogP contribution is -2.27. The molecule has 0 aliphatic heterocycles. The van der Waals surface area contributed by atoms with Crippen LogP contribution in [0.5, 0.6) is 0 Å². The molecule has 2 rings (SSSR count). The molecular formula is C16H24N2. The number of likely N-dealkylation sites (N-methyl/N-ethyl adjacent to an activating group) is 1. The minimum absolute atomic E-state index is 0.571. The van der Waals surface area contributed by atoms with Gasteiger partial charge in [-0.15, -0.1) is 6.58 Å². The molecule has 1 unspecified atom stereocenters. The second-order valence-electron chi connectivity index (χ2n) is 5.26. The molecule has 1 aliphatic rings. The quantitative estimate of drug-likeness (QED) is 0.778. The van der Waals surface area contributed by atoms with Gasteiger partial charge in [0.25, 0.3) is 0 Å². The topological polar surface area (TPSA) is 29.3 Å². The Hall–Kier alpha value is -1.12. The van der Waals surface area contributed by atoms with Crippen LogP contribution in [0.25, 0.3) is 0 Å². The van der Waals surface area contributed by atoms with Crippen molar-refractivity contribution in [1.82, 2.24) is 4.90 Å². The predicted octanol–water partition coefficient (Wildman–Crippen LogP) is 2.34. The molecule has 0 radical (unpaired) electrons. The summed E-state index contributed by atoms with van der Waals surface area (Å²) in [7, 11) is 2.13. The summed E-state index contributed by atoms with van der Waals surface area (Å²) in [5.41, 5.74) is 10.0. The third-order valence-corrected chi connectivity index (χ3v) is 3.91. The number of benzene rings is 1. The number of hydrogen-bond donors (Lipinski definition) is 1. The van der Waals surface area contributed by atoms with E-state index in [1.165, 1.54) is 29.5 Å². The van der Waals surface area contributed by atoms with Crippen molar-refractivity contribution in [2.45, 2.75) is 25.2 Å². The average Bonchev–Trinajstić information content (AvgIpc) is 2.79. The van der Waals surface area contributed by atoms with Crippen LogP contribution >= 0.6 is 0 Å². The van der Waals surface area contributed by atoms with E-state index < -0.39 is 0 Å². The van der Waals surface area contributed by atoms with Crippen molar-refractivity contribution in [3.8, 4) is 0 Å². The first-order valence-corrected chi connectivity index (χ1v) is 6.87. The van der Waals surface area contributed by atoms with Crippen molar-refractivity contribution in [2.75, 3.05) is 26.7 Å². The summed E-state index contributed by atoms with van der Waals surface area (Å²) in [6.07, 6.45) is 5.64. The number of rotatable bonds is 6. The van der Waals surface area contributed by atoms with Crippen molar-refractivity contribution in [2.24, 2.45) is 5.73 Å². The lowest BCUT2D eigenvalue weighted by atomic mass is 9.98. The number of hydrogen-bond acceptors (Lipinski definition) is 2. The SMILES string of the molecule is C=CC1CCc2ccc(CCN(C)CCN)cc21. The molecule has 1 aromatic carbocycles. The van der Waals surface area contributed by atoms with Gasteiger partial charge in [-0.1, -0.05) is 24.3 Å². The van der Waals surface area contributed by atoms with Crippen LogP contribution in [0.1, 0.15) is 29.0 Å². The van der Waals surface area contributed by atoms with Crippen LogP contribution in [0.3, 0.4) is 0 Å². The monoisotopic (exact) mass is 244 g/mol. The highest BCUT2D eigenvalue weighted by molar-refractivity contribution is 5.40. The van der Waals surface area contributed by atoms with Crippen LogP contribution in [0.15, 0.2) is 30.9 Å². The maximum Gasteiger partial charge on any atom is 0.0102 e. The molecule has 1 aromatic rings. The summed E-state index contributed by atoms with van der Waals surface area (Å²) >= 11 is 0. The van der Waals surface area contributed by atoms with Crippen LogP contribution in [0, 0.1) is 0 Å². The van der Waals surface area contributed by atoms with E-state index in [1.54, 1.807) is 0 Å². The van der Waals surface area contributed by atoms with E-state index in [0.717, 1.165) is 26.1 Å². The third-order valence-electron chi connectivity index (χ3n) is 3.91. The molecule has 1 aliphatic carbocycles. The molecular weight excluding hydrogens is 220 g/mol. The third kappa shape index (κ3) is 3.01. The van der Waals surface area contributed by atoms with E-state index in [-0.39, 0.29) is 0 Å². The Kier molecular flexibility index (Phi) is 4.56. The summed E-state index contributed by atoms with van der Waals surface area (Å²) in [5, 5.41) is 0. The molecule has 0 heterocycles. The Morgan fingerprint density at radius 2 is 2.28 bits per heavy atom. The fourth-order valence-corrected chi connectivity index (χ4v) is 2.74. The van der Waals surface area contributed by atoms with Gasteiger partial charge in [0.05, 0.1) is 0 Å². The summed E-state index contributed by atoms with van der Waals surface area (Å²) < 4.78 is 0. The Bertz CT molecular complexity index is 412. The number of nitrogens with zero attached hydrogens (tertiary/aromatic N) is 1. The van der Waals surface area contributed by atoms with Gasteiger partial charge in [0.1, 0.15) is 0 Å². The smallest absolute Gasteiger partial charge is 0.0102 e. The molecule has 0 aromatic heterocycles. The van der Waals surface area contributed by atoms with Gasteiger partial charge in [0.15, 0.2) is 0 Å². The highest BCUT2D eigenvalue weighted by atomic mass is 15.1. The van der Waals surface area contributed by atoms with E-state index in [0.29, 0.717) is 5.92 Å². The molecule has 0 saturated carbocycles. The van der Waals surface area contributed by atoms with Gasteiger partial charge in [0, 0.05) is 25.6 Å². The predicted molar refractivity (Wildman–Crippen MR) is 78.0 cm³/mol. The number of fused-ring (bicyclic) bond motifs is 1. The molecule has 0 spiro atoms. The minimum Gasteiger partial charge on any atom is -0.329 e. The lowest BCUT2D eigenvalue weighted by Gasteiger charge is -2.16. The first-order chi connectivity index (χ1) is 8.74. The zero-order chi connectivity index (χ0) is 13.0. The van der Waals surface area contributed by atoms with Crippen LogP contribution in [-0.4, -0.2) is 31.6 Å². The zero-order valence-corrected chi connectivity index (χ0v) is 11.4. The van der Waals surface area contributed by atoms with Gasteiger partial charge < -0.3 is 10.6 Å². The Morgan fingerprint density at radius 3 is 3.00 bits per heavy atom. The maximum atomic E-state index is 5.56. The van der Waals surface area contributed by atoms with Crippen molar-refractivity contribution < 1.29 is 0 Å². The first kappa shape index (κ1) is 13.3. The standard InChI is InChI=1S/C16H24N2/c1-3-14-6-7-15-5-4-13(12-16(14)15)8-10-18(2)11-9-17/h3-5,12,14H,1,6-11,17H2,2H3. The van der Waals surface area contributed by atoms with Crippen molar-refractivity contribution in [1.29, 1.82) is 0 Å². The molecule has 18 heavy (non-hydrogen) atoms. The van der Waals surface area contributed by atoms with Crippen molar-refractivity contribution in [3.05, 3.63) is 47.5 Å². The molecule has 98 valence electrons. The first-order valence-electron chi connectivity index (χ1n) is 6.87. The Balaban J connectivity index is 2.00. The minimum atomic E-state index is 0.571. The van der Waals surface area contributed by atoms with Gasteiger partial charge >= 0.3 is 0 Å². The van der Waals surface area contributed by atoms with E-state index in [2.05, 4.69) is 42.8 Å². The van der Waals surface area contributed by atoms with Crippen LogP contribution in [0.4, 0.5) is 0 Å². The van der Waals surface area contributed by atoms with Gasteiger partial charge in [-0.3, -0.25) is 0 Å². The summed E-state index contributed by atoms with van der Waals surface area (Å²) in [6.45, 7) is 6.73. The Morgan fingerprint density at radius 1 is 1.44 bits per heavy atom. The fourth-order valence-electron chi connectivity index (χ4n) is 2.74. The molecule has 0 bridgehead atoms. The average molecular weight is 244 g/mol. The van der Waals surface area contributed by atoms with Crippen molar-refractivity contribution in [3.63, 3.8) is 0 Å². The van der Waals surface area contributed by atoms with Gasteiger partial charge in [-0.25, -0.2) is 0 Å². The molecule has 0 saturated heterocycles. The van der Waals surface area contributed by atoms with E-state index in [1.807, 2.05) is 0 Å². The number of allylic oxidation sites excluding steroid dienone is 1. The molecule has 2 N–H and O–H groups in total. The zero-order valence-electron chi connectivity index (χ0n) is 11.4. The van der Waals surface area contributed by atoms with Crippen molar-refractivity contribution >= 4 is 0 Å². The molecule has 0 amide bonds. The maximum absolute atomic E-state index is 5.56. The summed E-state index contributed by atoms with van der Waals surface area (Å²) in [6, 6.07) is 6.96. The number of aryl methyl sites for hydroxylation is 1. The summed E-state index contributed by atoms with van der Waals surface area (Å²) in [4.78, 5) is 2.29. The van der Waals surface area contributed by atoms with Gasteiger partial charge in [0.2, 0.25) is 0 Å².